The zero-order valence-corrected chi connectivity index (χ0v) is 41.2. The van der Waals surface area contributed by atoms with Gasteiger partial charge in [-0.25, -0.2) is 8.42 Å². The van der Waals surface area contributed by atoms with Gasteiger partial charge in [-0.15, -0.1) is 10.2 Å². The average molecular weight is 1000 g/mol. The van der Waals surface area contributed by atoms with Crippen LogP contribution in [0.1, 0.15) is 42.4 Å². The van der Waals surface area contributed by atoms with Gasteiger partial charge in [-0.1, -0.05) is 36.4 Å². The first kappa shape index (κ1) is 50.7. The molecule has 0 saturated carbocycles. The number of ketones is 1. The van der Waals surface area contributed by atoms with Crippen molar-refractivity contribution in [3.63, 3.8) is 0 Å². The largest absolute Gasteiger partial charge is 0.461 e. The van der Waals surface area contributed by atoms with Crippen molar-refractivity contribution in [1.82, 2.24) is 58.9 Å². The lowest BCUT2D eigenvalue weighted by molar-refractivity contribution is -0.123. The Balaban J connectivity index is 0.000000156. The van der Waals surface area contributed by atoms with Crippen molar-refractivity contribution in [2.75, 3.05) is 81.7 Å². The van der Waals surface area contributed by atoms with Crippen LogP contribution in [0.2, 0.25) is 0 Å². The number of anilines is 4. The second-order valence-electron chi connectivity index (χ2n) is 17.8. The second kappa shape index (κ2) is 23.0. The highest BCUT2D eigenvalue weighted by molar-refractivity contribution is 7.90. The molecule has 8 aromatic rings. The van der Waals surface area contributed by atoms with Gasteiger partial charge in [-0.3, -0.25) is 9.59 Å². The lowest BCUT2D eigenvalue weighted by atomic mass is 9.89. The molecule has 8 heterocycles. The number of sulfone groups is 1. The molecule has 0 bridgehead atoms. The van der Waals surface area contributed by atoms with E-state index in [2.05, 4.69) is 98.9 Å². The summed E-state index contributed by atoms with van der Waals surface area (Å²) in [6, 6.07) is 23.1. The minimum absolute atomic E-state index is 0.0410. The normalized spacial score (nSPS) is 14.9. The number of nitrogens with one attached hydrogen (secondary N) is 2. The van der Waals surface area contributed by atoms with E-state index in [-0.39, 0.29) is 41.2 Å². The molecule has 0 radical (unpaired) electrons. The fourth-order valence-corrected chi connectivity index (χ4v) is 8.62. The van der Waals surface area contributed by atoms with E-state index in [1.54, 1.807) is 30.5 Å². The third-order valence-electron chi connectivity index (χ3n) is 12.3. The predicted octanol–water partition coefficient (Wildman–Crippen LogP) is 3.70. The first-order valence-corrected chi connectivity index (χ1v) is 25.5. The highest BCUT2D eigenvalue weighted by Crippen LogP contribution is 2.22. The molecule has 24 heteroatoms. The maximum Gasteiger partial charge on any atom is 0.259 e. The molecule has 2 aliphatic heterocycles. The van der Waals surface area contributed by atoms with Crippen LogP contribution in [0.4, 0.5) is 23.5 Å². The molecule has 2 saturated heterocycles. The lowest BCUT2D eigenvalue weighted by Crippen LogP contribution is -2.35. The molecule has 2 fully saturated rings. The van der Waals surface area contributed by atoms with Gasteiger partial charge >= 0.3 is 0 Å². The molecule has 0 aliphatic carbocycles. The van der Waals surface area contributed by atoms with E-state index in [1.165, 1.54) is 21.9 Å². The van der Waals surface area contributed by atoms with Gasteiger partial charge in [0.25, 0.3) is 16.7 Å². The van der Waals surface area contributed by atoms with Gasteiger partial charge in [-0.05, 0) is 138 Å². The van der Waals surface area contributed by atoms with Gasteiger partial charge in [0.15, 0.2) is 11.5 Å². The van der Waals surface area contributed by atoms with Crippen LogP contribution in [0.15, 0.2) is 99.3 Å². The number of aromatic nitrogens is 10. The standard InChI is InChI=1S/C24H28N8O2.C15H23N3O.C9H8N6O3S/c1-31-12-9-18(10-13-31)19(33)15-17-6-4-16(5-7-17)8-11-26-23-28-22(25)32-24(29-23)27-21(30-32)20-3-2-14-34-20;1-18-10-7-13(8-11-18)15(19)17-14-4-2-12(3-5-14)6-9-16;1-19(16,17)9-12-7(10)15-8(13-9)11-6(14-15)5-3-2-4-18-5/h2-7,14,18H,8-13,15H2,1H3,(H3,25,26,27,28,29,30);2-5,13H,6-11,16H2,1H3,(H,17,19);2-4H,1H3,(H2,10,11,12,13,14). The Morgan fingerprint density at radius 2 is 1.18 bits per heavy atom. The van der Waals surface area contributed by atoms with Crippen molar-refractivity contribution in [3.8, 4) is 23.2 Å². The Labute approximate surface area is 415 Å². The van der Waals surface area contributed by atoms with Crippen molar-refractivity contribution in [1.29, 1.82) is 0 Å². The smallest absolute Gasteiger partial charge is 0.259 e. The van der Waals surface area contributed by atoms with Crippen LogP contribution in [0.5, 0.6) is 0 Å². The van der Waals surface area contributed by atoms with Gasteiger partial charge in [0, 0.05) is 36.7 Å². The number of nitrogens with zero attached hydrogens (tertiary/aromatic N) is 12. The van der Waals surface area contributed by atoms with Crippen LogP contribution >= 0.6 is 0 Å². The summed E-state index contributed by atoms with van der Waals surface area (Å²) in [5.41, 5.74) is 21.5. The van der Waals surface area contributed by atoms with Crippen LogP contribution in [0.3, 0.4) is 0 Å². The fourth-order valence-electron chi connectivity index (χ4n) is 8.11. The maximum atomic E-state index is 12.6. The first-order valence-electron chi connectivity index (χ1n) is 23.6. The molecule has 0 spiro atoms. The molecular weight excluding hydrogens is 943 g/mol. The van der Waals surface area contributed by atoms with E-state index in [0.717, 1.165) is 86.7 Å². The third kappa shape index (κ3) is 13.2. The number of furan rings is 2. The fraction of sp³-hybridized carbons (Fsp3) is 0.375. The highest BCUT2D eigenvalue weighted by Gasteiger charge is 2.25. The number of hydrogen-bond donors (Lipinski definition) is 5. The number of carbonyl (C=O) groups excluding carboxylic acids is 2. The number of amides is 1. The first-order chi connectivity index (χ1) is 34.7. The molecule has 378 valence electrons. The molecule has 23 nitrogen and oxygen atoms in total. The summed E-state index contributed by atoms with van der Waals surface area (Å²) in [4.78, 5) is 53.9. The summed E-state index contributed by atoms with van der Waals surface area (Å²) >= 11 is 0. The zero-order valence-electron chi connectivity index (χ0n) is 40.4. The summed E-state index contributed by atoms with van der Waals surface area (Å²) in [7, 11) is 0.645. The van der Waals surface area contributed by atoms with Crippen LogP contribution in [0, 0.1) is 11.8 Å². The number of nitrogens with two attached hydrogens (primary N) is 3. The highest BCUT2D eigenvalue weighted by atomic mass is 32.2. The minimum atomic E-state index is -3.57. The molecule has 72 heavy (non-hydrogen) atoms. The van der Waals surface area contributed by atoms with Gasteiger partial charge in [0.1, 0.15) is 5.78 Å². The van der Waals surface area contributed by atoms with Gasteiger partial charge < -0.3 is 46.5 Å². The Kier molecular flexibility index (Phi) is 16.2. The zero-order chi connectivity index (χ0) is 50.8. The molecule has 2 aliphatic rings. The van der Waals surface area contributed by atoms with Gasteiger partial charge in [-0.2, -0.15) is 38.9 Å². The molecule has 6 aromatic heterocycles. The number of piperidine rings is 2. The van der Waals surface area contributed by atoms with E-state index in [4.69, 9.17) is 26.0 Å². The van der Waals surface area contributed by atoms with Crippen molar-refractivity contribution in [2.45, 2.75) is 50.1 Å². The topological polar surface area (TPSA) is 315 Å². The van der Waals surface area contributed by atoms with E-state index in [1.807, 2.05) is 24.3 Å². The van der Waals surface area contributed by atoms with E-state index < -0.39 is 15.0 Å². The van der Waals surface area contributed by atoms with Gasteiger partial charge in [0.05, 0.1) is 12.5 Å². The van der Waals surface area contributed by atoms with E-state index in [9.17, 15) is 18.0 Å². The summed E-state index contributed by atoms with van der Waals surface area (Å²) in [5, 5.41) is 14.2. The van der Waals surface area contributed by atoms with Crippen LogP contribution < -0.4 is 27.8 Å². The van der Waals surface area contributed by atoms with Crippen LogP contribution in [-0.2, 0) is 38.7 Å². The summed E-state index contributed by atoms with van der Waals surface area (Å²) in [6.07, 6.45) is 10.0. The van der Waals surface area contributed by atoms with Gasteiger partial charge in [0.2, 0.25) is 45.2 Å². The summed E-state index contributed by atoms with van der Waals surface area (Å²) in [6.45, 7) is 5.31. The second-order valence-corrected chi connectivity index (χ2v) is 19.7. The minimum Gasteiger partial charge on any atom is -0.461 e. The Hall–Kier alpha value is -7.67. The van der Waals surface area contributed by atoms with Crippen LogP contribution in [-0.4, -0.2) is 139 Å². The quantitative estimate of drug-likeness (QED) is 0.104. The SMILES string of the molecule is CN1CCC(C(=O)Cc2ccc(CCNc3nc(N)n4nc(-c5ccco5)nc4n3)cc2)CC1.CN1CCC(C(=O)Nc2ccc(CCN)cc2)CC1.CS(=O)(=O)c1nc(N)n2nc(-c3ccco3)nc2n1. The number of rotatable bonds is 14. The molecule has 8 N–H and O–H groups in total. The molecule has 0 unspecified atom stereocenters. The number of hydrogen-bond acceptors (Lipinski definition) is 20. The lowest BCUT2D eigenvalue weighted by Gasteiger charge is -2.28. The molecule has 2 aromatic carbocycles. The molecule has 0 atom stereocenters. The van der Waals surface area contributed by atoms with Crippen molar-refractivity contribution in [3.05, 3.63) is 102 Å². The monoisotopic (exact) mass is 1000 g/mol. The molecular formula is C48H59N17O6S. The number of fused-ring (bicyclic) bond motifs is 2. The number of Topliss-reactive ketones (excluding diaryl/α,β-unsaturated/α-hetero) is 1. The Morgan fingerprint density at radius 3 is 1.72 bits per heavy atom. The maximum absolute atomic E-state index is 12.6. The third-order valence-corrected chi connectivity index (χ3v) is 13.1. The average Bonchev–Trinajstić information content (AvgIpc) is 4.22. The summed E-state index contributed by atoms with van der Waals surface area (Å²) < 4.78 is 35.8. The Morgan fingerprint density at radius 1 is 0.667 bits per heavy atom. The number of carbonyl (C=O) groups is 2. The molecule has 1 amide bonds. The summed E-state index contributed by atoms with van der Waals surface area (Å²) in [5.74, 6) is 3.33. The Bertz CT molecular complexity index is 3160. The van der Waals surface area contributed by atoms with Crippen molar-refractivity contribution >= 4 is 56.6 Å². The number of nitrogen functional groups attached to an aromatic ring is 2. The van der Waals surface area contributed by atoms with Crippen molar-refractivity contribution in [2.24, 2.45) is 17.6 Å². The molecule has 10 rings (SSSR count). The predicted molar refractivity (Wildman–Crippen MR) is 270 cm³/mol. The van der Waals surface area contributed by atoms with E-state index >= 15 is 0 Å². The number of likely N-dealkylation sites (tertiary alicyclic amines) is 2. The number of benzene rings is 2. The van der Waals surface area contributed by atoms with E-state index in [0.29, 0.717) is 54.4 Å². The van der Waals surface area contributed by atoms with Crippen molar-refractivity contribution < 1.29 is 26.8 Å². The van der Waals surface area contributed by atoms with Crippen LogP contribution in [0.25, 0.3) is 34.7 Å².